The fourth-order valence-electron chi connectivity index (χ4n) is 0.851. The van der Waals surface area contributed by atoms with Gasteiger partial charge in [0.05, 0.1) is 16.2 Å². The normalized spacial score (nSPS) is 12.1. The third-order valence-electron chi connectivity index (χ3n) is 1.45. The molecule has 0 amide bonds. The Morgan fingerprint density at radius 1 is 1.53 bits per heavy atom. The first kappa shape index (κ1) is 12.6. The number of pyridine rings is 1. The van der Waals surface area contributed by atoms with Gasteiger partial charge in [-0.2, -0.15) is 0 Å². The molecule has 1 rings (SSSR count). The van der Waals surface area contributed by atoms with Crippen molar-refractivity contribution in [1.29, 1.82) is 0 Å². The van der Waals surface area contributed by atoms with Crippen molar-refractivity contribution in [1.82, 2.24) is 4.98 Å². The van der Waals surface area contributed by atoms with E-state index in [1.165, 1.54) is 0 Å². The van der Waals surface area contributed by atoms with Gasteiger partial charge in [-0.25, -0.2) is 22.2 Å². The molecule has 0 aliphatic carbocycles. The highest BCUT2D eigenvalue weighted by molar-refractivity contribution is 9.10. The highest BCUT2D eigenvalue weighted by atomic mass is 79.9. The van der Waals surface area contributed by atoms with Gasteiger partial charge in [0, 0.05) is 10.7 Å². The molecule has 0 saturated heterocycles. The van der Waals surface area contributed by atoms with Crippen LogP contribution in [0.25, 0.3) is 0 Å². The van der Waals surface area contributed by atoms with Crippen molar-refractivity contribution < 1.29 is 22.3 Å². The summed E-state index contributed by atoms with van der Waals surface area (Å²) in [5, 5.41) is 8.29. The predicted octanol–water partition coefficient (Wildman–Crippen LogP) is 2.41. The second kappa shape index (κ2) is 4.18. The number of rotatable bonds is 2. The van der Waals surface area contributed by atoms with Crippen LogP contribution in [0.2, 0.25) is 0 Å². The fraction of sp³-hybridized carbons (Fsp3) is 0.167. The van der Waals surface area contributed by atoms with E-state index >= 15 is 0 Å². The van der Waals surface area contributed by atoms with Gasteiger partial charge in [0.2, 0.25) is 0 Å². The van der Waals surface area contributed by atoms with Crippen LogP contribution in [0.1, 0.15) is 12.0 Å². The molecule has 1 aromatic rings. The highest BCUT2D eigenvalue weighted by Gasteiger charge is 2.25. The summed E-state index contributed by atoms with van der Waals surface area (Å²) >= 11 is 2.60. The number of nitrogens with zero attached hydrogens (tertiary/aromatic N) is 1. The number of aromatic nitrogens is 1. The van der Waals surface area contributed by atoms with E-state index in [2.05, 4.69) is 20.9 Å². The molecule has 15 heavy (non-hydrogen) atoms. The Balaban J connectivity index is 3.56. The Morgan fingerprint density at radius 3 is 2.47 bits per heavy atom. The van der Waals surface area contributed by atoms with Crippen LogP contribution < -0.4 is 0 Å². The minimum atomic E-state index is -4.24. The Labute approximate surface area is 96.4 Å². The summed E-state index contributed by atoms with van der Waals surface area (Å²) in [5.41, 5.74) is -0.857. The lowest BCUT2D eigenvalue weighted by Crippen LogP contribution is -2.00. The molecule has 0 unspecified atom stereocenters. The molecular weight excluding hydrogens is 319 g/mol. The molecule has 0 aromatic carbocycles. The van der Waals surface area contributed by atoms with Gasteiger partial charge in [0.1, 0.15) is 5.75 Å². The minimum absolute atomic E-state index is 0.535. The smallest absolute Gasteiger partial charge is 0.279 e. The van der Waals surface area contributed by atoms with E-state index in [9.17, 15) is 17.2 Å². The molecule has 84 valence electrons. The quantitative estimate of drug-likeness (QED) is 0.849. The number of hydrogen-bond donors (Lipinski definition) is 1. The summed E-state index contributed by atoms with van der Waals surface area (Å²) in [5.74, 6) is -0.805. The summed E-state index contributed by atoms with van der Waals surface area (Å²) in [7, 11) is 0.710. The number of hydrogen-bond acceptors (Lipinski definition) is 4. The van der Waals surface area contributed by atoms with Crippen LogP contribution in [0.5, 0.6) is 5.75 Å². The van der Waals surface area contributed by atoms with E-state index < -0.39 is 36.3 Å². The van der Waals surface area contributed by atoms with Crippen LogP contribution in [0.15, 0.2) is 15.7 Å². The van der Waals surface area contributed by atoms with Crippen molar-refractivity contribution in [2.75, 3.05) is 0 Å². The van der Waals surface area contributed by atoms with E-state index in [1.807, 2.05) is 0 Å². The Morgan fingerprint density at radius 2 is 2.07 bits per heavy atom. The molecule has 0 radical (unpaired) electrons. The van der Waals surface area contributed by atoms with E-state index in [4.69, 9.17) is 15.8 Å². The topological polar surface area (TPSA) is 67.3 Å². The molecule has 0 aliphatic heterocycles. The van der Waals surface area contributed by atoms with Gasteiger partial charge < -0.3 is 5.11 Å². The zero-order valence-corrected chi connectivity index (χ0v) is 9.94. The van der Waals surface area contributed by atoms with Crippen LogP contribution in [0.3, 0.4) is 0 Å². The Bertz CT molecular complexity index is 493. The van der Waals surface area contributed by atoms with Crippen LogP contribution in [-0.2, 0) is 9.05 Å². The van der Waals surface area contributed by atoms with Crippen molar-refractivity contribution in [3.05, 3.63) is 16.2 Å². The largest absolute Gasteiger partial charge is 0.506 e. The van der Waals surface area contributed by atoms with Gasteiger partial charge >= 0.3 is 0 Å². The van der Waals surface area contributed by atoms with Crippen molar-refractivity contribution >= 4 is 35.7 Å². The van der Waals surface area contributed by atoms with E-state index in [1.54, 1.807) is 0 Å². The maximum atomic E-state index is 12.4. The summed E-state index contributed by atoms with van der Waals surface area (Å²) in [6.45, 7) is 0. The van der Waals surface area contributed by atoms with Gasteiger partial charge in [0.25, 0.3) is 15.5 Å². The first-order valence-electron chi connectivity index (χ1n) is 3.35. The molecule has 0 fully saturated rings. The van der Waals surface area contributed by atoms with Crippen LogP contribution >= 0.6 is 26.6 Å². The molecule has 0 spiro atoms. The molecular formula is C6H3BrClF2NO3S. The SMILES string of the molecule is O=S(=O)(Cl)c1ncc(O)c(C(F)F)c1Br. The molecule has 1 N–H and O–H groups in total. The van der Waals surface area contributed by atoms with E-state index in [0.717, 1.165) is 0 Å². The molecule has 0 atom stereocenters. The van der Waals surface area contributed by atoms with Crippen molar-refractivity contribution in [3.63, 3.8) is 0 Å². The number of aromatic hydroxyl groups is 1. The zero-order chi connectivity index (χ0) is 11.8. The number of halogens is 4. The van der Waals surface area contributed by atoms with Crippen LogP contribution in [0.4, 0.5) is 8.78 Å². The molecule has 0 aliphatic rings. The van der Waals surface area contributed by atoms with Gasteiger partial charge in [-0.15, -0.1) is 0 Å². The average molecular weight is 323 g/mol. The Kier molecular flexibility index (Phi) is 3.51. The van der Waals surface area contributed by atoms with Gasteiger partial charge in [-0.3, -0.25) is 0 Å². The first-order chi connectivity index (χ1) is 6.75. The minimum Gasteiger partial charge on any atom is -0.506 e. The second-order valence-corrected chi connectivity index (χ2v) is 5.69. The van der Waals surface area contributed by atoms with Gasteiger partial charge in [-0.1, -0.05) is 0 Å². The van der Waals surface area contributed by atoms with Gasteiger partial charge in [-0.05, 0) is 15.9 Å². The number of alkyl halides is 2. The van der Waals surface area contributed by atoms with Crippen LogP contribution in [0, 0.1) is 0 Å². The first-order valence-corrected chi connectivity index (χ1v) is 6.45. The standard InChI is InChI=1S/C6H3BrClF2NO3S/c7-4-3(5(9)10)2(12)1-11-6(4)15(8,13)14/h1,5,12H. The predicted molar refractivity (Wildman–Crippen MR) is 51.6 cm³/mol. The maximum absolute atomic E-state index is 12.4. The summed E-state index contributed by atoms with van der Waals surface area (Å²) < 4.78 is 46.0. The van der Waals surface area contributed by atoms with Crippen LogP contribution in [-0.4, -0.2) is 18.5 Å². The van der Waals surface area contributed by atoms with E-state index in [0.29, 0.717) is 6.20 Å². The molecule has 1 heterocycles. The zero-order valence-electron chi connectivity index (χ0n) is 6.79. The van der Waals surface area contributed by atoms with Gasteiger partial charge in [0.15, 0.2) is 5.03 Å². The van der Waals surface area contributed by atoms with Crippen molar-refractivity contribution in [3.8, 4) is 5.75 Å². The van der Waals surface area contributed by atoms with Crippen molar-refractivity contribution in [2.45, 2.75) is 11.5 Å². The highest BCUT2D eigenvalue weighted by Crippen LogP contribution is 2.37. The second-order valence-electron chi connectivity index (χ2n) is 2.41. The molecule has 0 bridgehead atoms. The third-order valence-corrected chi connectivity index (χ3v) is 3.73. The molecule has 1 aromatic heterocycles. The summed E-state index contributed by atoms with van der Waals surface area (Å²) in [6.07, 6.45) is -2.44. The third kappa shape index (κ3) is 2.56. The average Bonchev–Trinajstić information content (AvgIpc) is 2.00. The summed E-state index contributed by atoms with van der Waals surface area (Å²) in [4.78, 5) is 3.24. The Hall–Kier alpha value is -0.470. The summed E-state index contributed by atoms with van der Waals surface area (Å²) in [6, 6.07) is 0. The molecule has 9 heteroatoms. The fourth-order valence-corrected chi connectivity index (χ4v) is 3.10. The lowest BCUT2D eigenvalue weighted by atomic mass is 10.2. The molecule has 4 nitrogen and oxygen atoms in total. The lowest BCUT2D eigenvalue weighted by molar-refractivity contribution is 0.146. The molecule has 0 saturated carbocycles. The maximum Gasteiger partial charge on any atom is 0.279 e. The van der Waals surface area contributed by atoms with Crippen molar-refractivity contribution in [2.24, 2.45) is 0 Å². The lowest BCUT2D eigenvalue weighted by Gasteiger charge is -2.07. The monoisotopic (exact) mass is 321 g/mol. The van der Waals surface area contributed by atoms with E-state index in [-0.39, 0.29) is 0 Å².